The molecule has 3 heteroatoms. The fraction of sp³-hybridized carbons (Fsp3) is 0.500. The lowest BCUT2D eigenvalue weighted by atomic mass is 10.2. The van der Waals surface area contributed by atoms with Crippen molar-refractivity contribution in [1.29, 1.82) is 5.26 Å². The summed E-state index contributed by atoms with van der Waals surface area (Å²) in [6.07, 6.45) is 5.74. The van der Waals surface area contributed by atoms with E-state index < -0.39 is 0 Å². The van der Waals surface area contributed by atoms with Crippen LogP contribution in [0.15, 0.2) is 12.3 Å². The van der Waals surface area contributed by atoms with Gasteiger partial charge in [0.2, 0.25) is 0 Å². The Balaban J connectivity index is 2.07. The maximum absolute atomic E-state index is 8.49. The molecule has 1 heterocycles. The summed E-state index contributed by atoms with van der Waals surface area (Å²) in [5, 5.41) is 8.49. The van der Waals surface area contributed by atoms with Crippen LogP contribution in [0.4, 0.5) is 0 Å². The highest BCUT2D eigenvalue weighted by Crippen LogP contribution is 2.31. The molecular weight excluding hydrogens is 162 g/mol. The molecule has 0 atom stereocenters. The Labute approximate surface area is 77.4 Å². The highest BCUT2D eigenvalue weighted by Gasteiger charge is 2.22. The normalized spacial score (nSPS) is 15.3. The van der Waals surface area contributed by atoms with Crippen LogP contribution in [-0.2, 0) is 12.8 Å². The number of nitriles is 1. The number of hydrogen-bond donors (Lipinski definition) is 0. The molecule has 0 aliphatic heterocycles. The first-order valence-corrected chi connectivity index (χ1v) is 4.56. The maximum Gasteiger partial charge on any atom is 0.128 e. The van der Waals surface area contributed by atoms with Crippen molar-refractivity contribution in [2.24, 2.45) is 5.92 Å². The zero-order valence-corrected chi connectivity index (χ0v) is 7.40. The van der Waals surface area contributed by atoms with Gasteiger partial charge in [0, 0.05) is 12.6 Å². The zero-order valence-electron chi connectivity index (χ0n) is 7.40. The second-order valence-corrected chi connectivity index (χ2v) is 3.45. The predicted octanol–water partition coefficient (Wildman–Crippen LogP) is 1.50. The average molecular weight is 173 g/mol. The van der Waals surface area contributed by atoms with Crippen molar-refractivity contribution in [3.63, 3.8) is 0 Å². The van der Waals surface area contributed by atoms with E-state index in [4.69, 9.17) is 5.26 Å². The first-order valence-electron chi connectivity index (χ1n) is 4.56. The van der Waals surface area contributed by atoms with Crippen LogP contribution in [0.5, 0.6) is 0 Å². The average Bonchev–Trinajstić information content (AvgIpc) is 2.90. The smallest absolute Gasteiger partial charge is 0.128 e. The second-order valence-electron chi connectivity index (χ2n) is 3.45. The van der Waals surface area contributed by atoms with Crippen LogP contribution in [0.25, 0.3) is 0 Å². The molecule has 1 fully saturated rings. The van der Waals surface area contributed by atoms with Crippen LogP contribution in [-0.4, -0.2) is 9.97 Å². The quantitative estimate of drug-likeness (QED) is 0.695. The lowest BCUT2D eigenvalue weighted by molar-refractivity contribution is 0.761. The summed E-state index contributed by atoms with van der Waals surface area (Å²) < 4.78 is 0. The predicted molar refractivity (Wildman–Crippen MR) is 47.8 cm³/mol. The summed E-state index contributed by atoms with van der Waals surface area (Å²) in [4.78, 5) is 8.49. The van der Waals surface area contributed by atoms with E-state index in [0.29, 0.717) is 6.42 Å². The Bertz CT molecular complexity index is 336. The molecule has 13 heavy (non-hydrogen) atoms. The molecule has 1 aromatic rings. The van der Waals surface area contributed by atoms with Gasteiger partial charge in [-0.15, -0.1) is 0 Å². The lowest BCUT2D eigenvalue weighted by Crippen LogP contribution is -1.99. The van der Waals surface area contributed by atoms with E-state index in [-0.39, 0.29) is 0 Å². The van der Waals surface area contributed by atoms with Crippen molar-refractivity contribution in [1.82, 2.24) is 9.97 Å². The number of hydrogen-bond acceptors (Lipinski definition) is 3. The number of aromatic nitrogens is 2. The molecule has 0 bridgehead atoms. The van der Waals surface area contributed by atoms with Gasteiger partial charge in [0.15, 0.2) is 0 Å². The highest BCUT2D eigenvalue weighted by molar-refractivity contribution is 5.08. The molecule has 66 valence electrons. The van der Waals surface area contributed by atoms with E-state index >= 15 is 0 Å². The van der Waals surface area contributed by atoms with Gasteiger partial charge in [-0.3, -0.25) is 0 Å². The molecule has 0 spiro atoms. The monoisotopic (exact) mass is 173 g/mol. The molecule has 0 saturated heterocycles. The molecule has 0 N–H and O–H groups in total. The first-order chi connectivity index (χ1) is 6.38. The van der Waals surface area contributed by atoms with Gasteiger partial charge in [0.1, 0.15) is 5.82 Å². The molecular formula is C10H11N3. The topological polar surface area (TPSA) is 49.6 Å². The molecule has 1 aliphatic rings. The van der Waals surface area contributed by atoms with E-state index in [1.807, 2.05) is 0 Å². The molecule has 0 amide bonds. The van der Waals surface area contributed by atoms with E-state index in [2.05, 4.69) is 16.0 Å². The molecule has 0 aromatic carbocycles. The van der Waals surface area contributed by atoms with Crippen LogP contribution in [0.1, 0.15) is 24.4 Å². The summed E-state index contributed by atoms with van der Waals surface area (Å²) in [6, 6.07) is 3.90. The minimum absolute atomic E-state index is 0.389. The molecule has 1 aromatic heterocycles. The van der Waals surface area contributed by atoms with Crippen LogP contribution in [0, 0.1) is 17.2 Å². The summed E-state index contributed by atoms with van der Waals surface area (Å²) in [6.45, 7) is 0. The Kier molecular flexibility index (Phi) is 2.22. The van der Waals surface area contributed by atoms with Crippen LogP contribution in [0.3, 0.4) is 0 Å². The number of nitrogens with zero attached hydrogens (tertiary/aromatic N) is 3. The fourth-order valence-electron chi connectivity index (χ4n) is 1.30. The standard InChI is InChI=1S/C10H11N3/c11-5-3-9-4-6-12-10(13-9)7-8-1-2-8/h4,6,8H,1-3,7H2. The van der Waals surface area contributed by atoms with Crippen LogP contribution < -0.4 is 0 Å². The fourth-order valence-corrected chi connectivity index (χ4v) is 1.30. The van der Waals surface area contributed by atoms with Gasteiger partial charge >= 0.3 is 0 Å². The van der Waals surface area contributed by atoms with E-state index in [1.54, 1.807) is 12.3 Å². The molecule has 0 radical (unpaired) electrons. The van der Waals surface area contributed by atoms with Gasteiger partial charge in [-0.2, -0.15) is 5.26 Å². The number of rotatable bonds is 3. The Morgan fingerprint density at radius 1 is 1.54 bits per heavy atom. The summed E-state index contributed by atoms with van der Waals surface area (Å²) in [5.41, 5.74) is 0.841. The molecule has 3 nitrogen and oxygen atoms in total. The largest absolute Gasteiger partial charge is 0.241 e. The van der Waals surface area contributed by atoms with Crippen molar-refractivity contribution in [2.75, 3.05) is 0 Å². The Hall–Kier alpha value is -1.43. The van der Waals surface area contributed by atoms with Gasteiger partial charge < -0.3 is 0 Å². The van der Waals surface area contributed by atoms with Gasteiger partial charge in [0.25, 0.3) is 0 Å². The van der Waals surface area contributed by atoms with Gasteiger partial charge in [-0.1, -0.05) is 0 Å². The molecule has 2 rings (SSSR count). The second kappa shape index (κ2) is 3.53. The van der Waals surface area contributed by atoms with Crippen molar-refractivity contribution in [3.8, 4) is 6.07 Å². The first kappa shape index (κ1) is 8.18. The minimum Gasteiger partial charge on any atom is -0.241 e. The molecule has 1 aliphatic carbocycles. The lowest BCUT2D eigenvalue weighted by Gasteiger charge is -1.98. The molecule has 1 saturated carbocycles. The zero-order chi connectivity index (χ0) is 9.10. The van der Waals surface area contributed by atoms with Crippen LogP contribution >= 0.6 is 0 Å². The Morgan fingerprint density at radius 2 is 2.38 bits per heavy atom. The molecule has 0 unspecified atom stereocenters. The Morgan fingerprint density at radius 3 is 3.08 bits per heavy atom. The van der Waals surface area contributed by atoms with Crippen LogP contribution in [0.2, 0.25) is 0 Å². The van der Waals surface area contributed by atoms with Crippen molar-refractivity contribution < 1.29 is 0 Å². The van der Waals surface area contributed by atoms with Crippen molar-refractivity contribution >= 4 is 0 Å². The van der Waals surface area contributed by atoms with Crippen molar-refractivity contribution in [2.45, 2.75) is 25.7 Å². The summed E-state index contributed by atoms with van der Waals surface area (Å²) >= 11 is 0. The SMILES string of the molecule is N#CCc1ccnc(CC2CC2)n1. The van der Waals surface area contributed by atoms with E-state index in [1.165, 1.54) is 12.8 Å². The van der Waals surface area contributed by atoms with Crippen molar-refractivity contribution in [3.05, 3.63) is 23.8 Å². The highest BCUT2D eigenvalue weighted by atomic mass is 14.9. The third-order valence-corrected chi connectivity index (χ3v) is 2.19. The summed E-state index contributed by atoms with van der Waals surface area (Å²) in [5.74, 6) is 1.70. The van der Waals surface area contributed by atoms with E-state index in [9.17, 15) is 0 Å². The van der Waals surface area contributed by atoms with E-state index in [0.717, 1.165) is 23.9 Å². The van der Waals surface area contributed by atoms with Gasteiger partial charge in [0.05, 0.1) is 18.2 Å². The third-order valence-electron chi connectivity index (χ3n) is 2.19. The minimum atomic E-state index is 0.389. The summed E-state index contributed by atoms with van der Waals surface area (Å²) in [7, 11) is 0. The third kappa shape index (κ3) is 2.25. The maximum atomic E-state index is 8.49. The van der Waals surface area contributed by atoms with Gasteiger partial charge in [-0.25, -0.2) is 9.97 Å². The van der Waals surface area contributed by atoms with Gasteiger partial charge in [-0.05, 0) is 24.8 Å².